The molecule has 0 bridgehead atoms. The van der Waals surface area contributed by atoms with Crippen LogP contribution in [0, 0.1) is 4.77 Å². The molecule has 2 aromatic rings. The van der Waals surface area contributed by atoms with Gasteiger partial charge in [-0.15, -0.1) is 0 Å². The van der Waals surface area contributed by atoms with Crippen LogP contribution in [0.3, 0.4) is 0 Å². The molecule has 4 nitrogen and oxygen atoms in total. The van der Waals surface area contributed by atoms with Crippen molar-refractivity contribution in [3.8, 4) is 0 Å². The van der Waals surface area contributed by atoms with Crippen molar-refractivity contribution in [2.45, 2.75) is 31.9 Å². The van der Waals surface area contributed by atoms with Crippen LogP contribution in [0.1, 0.15) is 25.8 Å². The molecule has 0 aliphatic carbocycles. The fraction of sp³-hybridized carbons (Fsp3) is 0.500. The van der Waals surface area contributed by atoms with E-state index in [-0.39, 0.29) is 12.1 Å². The number of rotatable bonds is 2. The number of fused-ring (bicyclic) bond motifs is 1. The van der Waals surface area contributed by atoms with Gasteiger partial charge in [-0.1, -0.05) is 0 Å². The molecule has 2 atom stereocenters. The number of pyridine rings is 1. The lowest BCUT2D eigenvalue weighted by atomic mass is 10.1. The van der Waals surface area contributed by atoms with Gasteiger partial charge >= 0.3 is 0 Å². The van der Waals surface area contributed by atoms with Gasteiger partial charge in [-0.05, 0) is 54.0 Å². The summed E-state index contributed by atoms with van der Waals surface area (Å²) in [4.78, 5) is 7.66. The molecule has 0 aromatic carbocycles. The second-order valence-corrected chi connectivity index (χ2v) is 5.92. The first-order valence-corrected chi connectivity index (χ1v) is 7.24. The van der Waals surface area contributed by atoms with Crippen molar-refractivity contribution >= 4 is 39.3 Å². The van der Waals surface area contributed by atoms with E-state index in [2.05, 4.69) is 37.4 Å². The van der Waals surface area contributed by atoms with Crippen molar-refractivity contribution in [3.63, 3.8) is 0 Å². The maximum Gasteiger partial charge on any atom is 0.179 e. The maximum absolute atomic E-state index is 5.75. The molecule has 0 spiro atoms. The number of ether oxygens (including phenoxy) is 1. The van der Waals surface area contributed by atoms with Crippen molar-refractivity contribution in [2.75, 3.05) is 6.61 Å². The van der Waals surface area contributed by atoms with Crippen molar-refractivity contribution in [1.29, 1.82) is 0 Å². The van der Waals surface area contributed by atoms with E-state index in [1.54, 1.807) is 6.20 Å². The van der Waals surface area contributed by atoms with Crippen molar-refractivity contribution in [2.24, 2.45) is 0 Å². The van der Waals surface area contributed by atoms with Gasteiger partial charge < -0.3 is 9.72 Å². The number of hydrogen-bond donors (Lipinski definition) is 1. The van der Waals surface area contributed by atoms with Crippen LogP contribution < -0.4 is 0 Å². The summed E-state index contributed by atoms with van der Waals surface area (Å²) in [6.07, 6.45) is 4.25. The minimum Gasteiger partial charge on any atom is -0.376 e. The Bertz CT molecular complexity index is 630. The monoisotopic (exact) mass is 327 g/mol. The Hall–Kier alpha value is -0.720. The molecule has 0 amide bonds. The normalized spacial score (nSPS) is 21.6. The SMILES string of the molecule is CC(C1CCCO1)n1c(=S)[nH]c2cc(Br)cnc21. The highest BCUT2D eigenvalue weighted by Gasteiger charge is 2.25. The third-order valence-electron chi connectivity index (χ3n) is 3.43. The molecule has 1 aliphatic rings. The summed E-state index contributed by atoms with van der Waals surface area (Å²) in [5, 5.41) is 0. The Kier molecular flexibility index (Phi) is 3.25. The number of halogens is 1. The standard InChI is InChI=1S/C12H14BrN3OS/c1-7(10-3-2-4-17-10)16-11-9(15-12(16)18)5-8(13)6-14-11/h5-7,10H,2-4H2,1H3,(H,15,18). The van der Waals surface area contributed by atoms with E-state index in [1.807, 2.05) is 6.07 Å². The first-order valence-electron chi connectivity index (χ1n) is 6.04. The molecule has 1 saturated heterocycles. The largest absolute Gasteiger partial charge is 0.376 e. The zero-order valence-electron chi connectivity index (χ0n) is 10.0. The third kappa shape index (κ3) is 2.02. The van der Waals surface area contributed by atoms with Crippen LogP contribution in [-0.2, 0) is 4.74 Å². The fourth-order valence-corrected chi connectivity index (χ4v) is 3.21. The molecule has 1 aliphatic heterocycles. The van der Waals surface area contributed by atoms with Crippen LogP contribution in [0.4, 0.5) is 0 Å². The average Bonchev–Trinajstić information content (AvgIpc) is 2.94. The average molecular weight is 328 g/mol. The van der Waals surface area contributed by atoms with E-state index in [0.717, 1.165) is 35.1 Å². The van der Waals surface area contributed by atoms with Gasteiger partial charge in [0.2, 0.25) is 0 Å². The highest BCUT2D eigenvalue weighted by atomic mass is 79.9. The first kappa shape index (κ1) is 12.3. The Morgan fingerprint density at radius 3 is 3.22 bits per heavy atom. The molecule has 2 unspecified atom stereocenters. The molecular weight excluding hydrogens is 314 g/mol. The van der Waals surface area contributed by atoms with Crippen LogP contribution in [0.5, 0.6) is 0 Å². The zero-order chi connectivity index (χ0) is 12.7. The highest BCUT2D eigenvalue weighted by molar-refractivity contribution is 9.10. The molecule has 0 radical (unpaired) electrons. The van der Waals surface area contributed by atoms with E-state index in [1.165, 1.54) is 0 Å². The number of imidazole rings is 1. The first-order chi connectivity index (χ1) is 8.66. The summed E-state index contributed by atoms with van der Waals surface area (Å²) in [7, 11) is 0. The molecule has 18 heavy (non-hydrogen) atoms. The molecule has 3 rings (SSSR count). The van der Waals surface area contributed by atoms with Gasteiger partial charge in [-0.25, -0.2) is 4.98 Å². The van der Waals surface area contributed by atoms with Crippen molar-refractivity contribution in [3.05, 3.63) is 21.5 Å². The molecular formula is C12H14BrN3OS. The molecule has 3 heterocycles. The predicted octanol–water partition coefficient (Wildman–Crippen LogP) is 3.60. The maximum atomic E-state index is 5.75. The summed E-state index contributed by atoms with van der Waals surface area (Å²) in [5.74, 6) is 0. The highest BCUT2D eigenvalue weighted by Crippen LogP contribution is 2.27. The van der Waals surface area contributed by atoms with Gasteiger partial charge in [0.25, 0.3) is 0 Å². The van der Waals surface area contributed by atoms with Crippen LogP contribution in [0.15, 0.2) is 16.7 Å². The number of nitrogens with one attached hydrogen (secondary N) is 1. The quantitative estimate of drug-likeness (QED) is 0.857. The Morgan fingerprint density at radius 1 is 1.67 bits per heavy atom. The van der Waals surface area contributed by atoms with E-state index < -0.39 is 0 Å². The Morgan fingerprint density at radius 2 is 2.50 bits per heavy atom. The number of hydrogen-bond acceptors (Lipinski definition) is 3. The fourth-order valence-electron chi connectivity index (χ4n) is 2.51. The van der Waals surface area contributed by atoms with Crippen molar-refractivity contribution < 1.29 is 4.74 Å². The summed E-state index contributed by atoms with van der Waals surface area (Å²) < 4.78 is 9.47. The third-order valence-corrected chi connectivity index (χ3v) is 4.16. The van der Waals surface area contributed by atoms with Gasteiger partial charge in [0, 0.05) is 17.3 Å². The minimum atomic E-state index is 0.211. The van der Waals surface area contributed by atoms with Crippen LogP contribution in [0.25, 0.3) is 11.2 Å². The van der Waals surface area contributed by atoms with Gasteiger partial charge in [0.05, 0.1) is 17.7 Å². The summed E-state index contributed by atoms with van der Waals surface area (Å²) >= 11 is 8.82. The van der Waals surface area contributed by atoms with E-state index in [0.29, 0.717) is 4.77 Å². The second-order valence-electron chi connectivity index (χ2n) is 4.62. The number of aromatic nitrogens is 3. The van der Waals surface area contributed by atoms with E-state index in [4.69, 9.17) is 17.0 Å². The Labute approximate surface area is 118 Å². The van der Waals surface area contributed by atoms with Gasteiger partial charge in [0.1, 0.15) is 0 Å². The molecule has 2 aromatic heterocycles. The number of H-pyrrole nitrogens is 1. The smallest absolute Gasteiger partial charge is 0.179 e. The lowest BCUT2D eigenvalue weighted by Gasteiger charge is -2.20. The zero-order valence-corrected chi connectivity index (χ0v) is 12.4. The summed E-state index contributed by atoms with van der Waals surface area (Å²) in [6, 6.07) is 2.21. The molecule has 1 fully saturated rings. The summed E-state index contributed by atoms with van der Waals surface area (Å²) in [5.41, 5.74) is 1.85. The molecule has 96 valence electrons. The van der Waals surface area contributed by atoms with Crippen LogP contribution >= 0.6 is 28.1 Å². The second kappa shape index (κ2) is 4.75. The molecule has 0 saturated carbocycles. The Balaban J connectivity index is 2.10. The number of aromatic amines is 1. The minimum absolute atomic E-state index is 0.211. The van der Waals surface area contributed by atoms with Crippen LogP contribution in [-0.4, -0.2) is 27.2 Å². The number of nitrogens with zero attached hydrogens (tertiary/aromatic N) is 2. The van der Waals surface area contributed by atoms with Gasteiger partial charge in [-0.3, -0.25) is 4.57 Å². The molecule has 6 heteroatoms. The van der Waals surface area contributed by atoms with E-state index >= 15 is 0 Å². The van der Waals surface area contributed by atoms with E-state index in [9.17, 15) is 0 Å². The molecule has 1 N–H and O–H groups in total. The van der Waals surface area contributed by atoms with Gasteiger partial charge in [0.15, 0.2) is 10.4 Å². The van der Waals surface area contributed by atoms with Crippen molar-refractivity contribution in [1.82, 2.24) is 14.5 Å². The van der Waals surface area contributed by atoms with Gasteiger partial charge in [-0.2, -0.15) is 0 Å². The lowest BCUT2D eigenvalue weighted by molar-refractivity contribution is 0.0739. The van der Waals surface area contributed by atoms with Crippen LogP contribution in [0.2, 0.25) is 0 Å². The predicted molar refractivity (Wildman–Crippen MR) is 76.3 cm³/mol. The lowest BCUT2D eigenvalue weighted by Crippen LogP contribution is -2.21. The summed E-state index contributed by atoms with van der Waals surface area (Å²) in [6.45, 7) is 2.99. The topological polar surface area (TPSA) is 42.8 Å².